The van der Waals surface area contributed by atoms with Gasteiger partial charge in [0.25, 0.3) is 5.56 Å². The molecule has 0 radical (unpaired) electrons. The van der Waals surface area contributed by atoms with E-state index in [1.807, 2.05) is 6.07 Å². The predicted molar refractivity (Wildman–Crippen MR) is 74.5 cm³/mol. The summed E-state index contributed by atoms with van der Waals surface area (Å²) in [5, 5.41) is 2.93. The second-order valence-corrected chi connectivity index (χ2v) is 4.33. The van der Waals surface area contributed by atoms with E-state index >= 15 is 0 Å². The molecular weight excluding hydrogens is 261 g/mol. The quantitative estimate of drug-likeness (QED) is 0.873. The maximum absolute atomic E-state index is 13.4. The summed E-state index contributed by atoms with van der Waals surface area (Å²) in [6.07, 6.45) is 2.68. The first-order chi connectivity index (χ1) is 9.65. The average molecular weight is 277 g/mol. The third-order valence-electron chi connectivity index (χ3n) is 3.05. The predicted octanol–water partition coefficient (Wildman–Crippen LogP) is 1.73. The van der Waals surface area contributed by atoms with Crippen molar-refractivity contribution in [3.05, 3.63) is 57.9 Å². The molecule has 0 aliphatic heterocycles. The van der Waals surface area contributed by atoms with Crippen LogP contribution in [0.5, 0.6) is 0 Å². The van der Waals surface area contributed by atoms with Gasteiger partial charge in [0.2, 0.25) is 0 Å². The van der Waals surface area contributed by atoms with E-state index in [1.165, 1.54) is 6.07 Å². The molecule has 0 aromatic carbocycles. The minimum atomic E-state index is -0.483. The van der Waals surface area contributed by atoms with Crippen molar-refractivity contribution in [3.63, 3.8) is 0 Å². The summed E-state index contributed by atoms with van der Waals surface area (Å²) in [6, 6.07) is 4.84. The molecule has 2 heterocycles. The number of rotatable bonds is 5. The second kappa shape index (κ2) is 6.29. The van der Waals surface area contributed by atoms with Gasteiger partial charge in [-0.2, -0.15) is 0 Å². The van der Waals surface area contributed by atoms with Gasteiger partial charge in [-0.3, -0.25) is 4.79 Å². The molecule has 6 heteroatoms. The molecule has 1 atom stereocenters. The lowest BCUT2D eigenvalue weighted by molar-refractivity contribution is 0.189. The highest BCUT2D eigenvalue weighted by Gasteiger charge is 2.19. The van der Waals surface area contributed by atoms with E-state index in [0.29, 0.717) is 11.4 Å². The zero-order chi connectivity index (χ0) is 14.5. The number of nitrogens with zero attached hydrogens (tertiary/aromatic N) is 1. The Morgan fingerprint density at radius 3 is 3.00 bits per heavy atom. The molecule has 0 fully saturated rings. The summed E-state index contributed by atoms with van der Waals surface area (Å²) in [6.45, 7) is 0.277. The second-order valence-electron chi connectivity index (χ2n) is 4.33. The van der Waals surface area contributed by atoms with Crippen LogP contribution >= 0.6 is 0 Å². The lowest BCUT2D eigenvalue weighted by Gasteiger charge is -2.16. The maximum Gasteiger partial charge on any atom is 0.252 e. The molecule has 0 aliphatic carbocycles. The molecule has 5 nitrogen and oxygen atoms in total. The summed E-state index contributed by atoms with van der Waals surface area (Å²) < 4.78 is 18.5. The van der Waals surface area contributed by atoms with Crippen LogP contribution in [-0.2, 0) is 4.74 Å². The van der Waals surface area contributed by atoms with Crippen molar-refractivity contribution in [1.29, 1.82) is 0 Å². The molecule has 2 rings (SSSR count). The molecule has 0 spiro atoms. The van der Waals surface area contributed by atoms with E-state index in [4.69, 9.17) is 4.74 Å². The van der Waals surface area contributed by atoms with Gasteiger partial charge in [0, 0.05) is 38.0 Å². The Morgan fingerprint density at radius 1 is 1.50 bits per heavy atom. The number of nitrogens with one attached hydrogen (secondary N) is 2. The van der Waals surface area contributed by atoms with Gasteiger partial charge in [-0.1, -0.05) is 0 Å². The first-order valence-electron chi connectivity index (χ1n) is 6.16. The van der Waals surface area contributed by atoms with Crippen molar-refractivity contribution in [2.75, 3.05) is 26.1 Å². The summed E-state index contributed by atoms with van der Waals surface area (Å²) in [7, 11) is 3.30. The number of hydrogen-bond donors (Lipinski definition) is 2. The van der Waals surface area contributed by atoms with Gasteiger partial charge >= 0.3 is 0 Å². The summed E-state index contributed by atoms with van der Waals surface area (Å²) >= 11 is 0. The number of pyridine rings is 2. The monoisotopic (exact) mass is 277 g/mol. The van der Waals surface area contributed by atoms with Crippen LogP contribution in [0, 0.1) is 5.82 Å². The fourth-order valence-electron chi connectivity index (χ4n) is 2.07. The van der Waals surface area contributed by atoms with Crippen LogP contribution in [0.1, 0.15) is 17.0 Å². The molecule has 2 aromatic rings. The van der Waals surface area contributed by atoms with Crippen molar-refractivity contribution in [3.8, 4) is 0 Å². The van der Waals surface area contributed by atoms with E-state index in [0.717, 1.165) is 11.8 Å². The topological polar surface area (TPSA) is 67.0 Å². The molecule has 0 aliphatic rings. The van der Waals surface area contributed by atoms with Crippen LogP contribution in [0.3, 0.4) is 0 Å². The van der Waals surface area contributed by atoms with Gasteiger partial charge in [0.05, 0.1) is 6.61 Å². The lowest BCUT2D eigenvalue weighted by atomic mass is 9.93. The van der Waals surface area contributed by atoms with E-state index < -0.39 is 5.82 Å². The van der Waals surface area contributed by atoms with E-state index in [-0.39, 0.29) is 18.1 Å². The average Bonchev–Trinajstić information content (AvgIpc) is 2.47. The van der Waals surface area contributed by atoms with Gasteiger partial charge in [0.15, 0.2) is 0 Å². The van der Waals surface area contributed by atoms with E-state index in [9.17, 15) is 9.18 Å². The lowest BCUT2D eigenvalue weighted by Crippen LogP contribution is -2.20. The smallest absolute Gasteiger partial charge is 0.252 e. The van der Waals surface area contributed by atoms with Crippen LogP contribution < -0.4 is 10.9 Å². The number of halogens is 1. The number of hydrogen-bond acceptors (Lipinski definition) is 4. The van der Waals surface area contributed by atoms with Crippen molar-refractivity contribution in [2.24, 2.45) is 0 Å². The summed E-state index contributed by atoms with van der Waals surface area (Å²) in [5.41, 5.74) is 0.846. The summed E-state index contributed by atoms with van der Waals surface area (Å²) in [4.78, 5) is 18.4. The van der Waals surface area contributed by atoms with Crippen LogP contribution in [0.25, 0.3) is 0 Å². The third kappa shape index (κ3) is 3.03. The molecular formula is C14H16FN3O2. The SMILES string of the molecule is CNc1cc(C(COC)c2cc(F)c[nH]c2=O)ccn1. The molecule has 0 saturated carbocycles. The van der Waals surface area contributed by atoms with E-state index in [1.54, 1.807) is 26.4 Å². The molecule has 2 aromatic heterocycles. The van der Waals surface area contributed by atoms with Gasteiger partial charge in [-0.15, -0.1) is 0 Å². The van der Waals surface area contributed by atoms with E-state index in [2.05, 4.69) is 15.3 Å². The summed E-state index contributed by atoms with van der Waals surface area (Å²) in [5.74, 6) is -0.158. The molecule has 1 unspecified atom stereocenters. The van der Waals surface area contributed by atoms with Gasteiger partial charge in [-0.25, -0.2) is 9.37 Å². The Bertz CT molecular complexity index is 642. The molecule has 0 saturated heterocycles. The molecule has 0 bridgehead atoms. The highest BCUT2D eigenvalue weighted by atomic mass is 19.1. The molecule has 20 heavy (non-hydrogen) atoms. The zero-order valence-electron chi connectivity index (χ0n) is 11.3. The Hall–Kier alpha value is -2.21. The van der Waals surface area contributed by atoms with Crippen molar-refractivity contribution >= 4 is 5.82 Å². The standard InChI is InChI=1S/C14H16FN3O2/c1-16-13-5-9(3-4-17-13)12(8-20-2)11-6-10(15)7-18-14(11)19/h3-7,12H,8H2,1-2H3,(H,16,17)(H,18,19). The first-order valence-corrected chi connectivity index (χ1v) is 6.16. The minimum Gasteiger partial charge on any atom is -0.384 e. The van der Waals surface area contributed by atoms with Crippen molar-refractivity contribution < 1.29 is 9.13 Å². The van der Waals surface area contributed by atoms with Gasteiger partial charge in [0.1, 0.15) is 11.6 Å². The van der Waals surface area contributed by atoms with Crippen LogP contribution in [0.2, 0.25) is 0 Å². The van der Waals surface area contributed by atoms with Crippen LogP contribution in [0.15, 0.2) is 35.4 Å². The number of aromatic nitrogens is 2. The fourth-order valence-corrected chi connectivity index (χ4v) is 2.07. The zero-order valence-corrected chi connectivity index (χ0v) is 11.3. The normalized spacial score (nSPS) is 12.2. The minimum absolute atomic E-state index is 0.277. The Kier molecular flexibility index (Phi) is 4.47. The Morgan fingerprint density at radius 2 is 2.30 bits per heavy atom. The number of methoxy groups -OCH3 is 1. The van der Waals surface area contributed by atoms with Gasteiger partial charge < -0.3 is 15.0 Å². The molecule has 2 N–H and O–H groups in total. The van der Waals surface area contributed by atoms with Crippen molar-refractivity contribution in [1.82, 2.24) is 9.97 Å². The number of aromatic amines is 1. The largest absolute Gasteiger partial charge is 0.384 e. The Labute approximate surface area is 115 Å². The maximum atomic E-state index is 13.4. The van der Waals surface area contributed by atoms with Gasteiger partial charge in [-0.05, 0) is 23.8 Å². The molecule has 106 valence electrons. The van der Waals surface area contributed by atoms with Crippen molar-refractivity contribution in [2.45, 2.75) is 5.92 Å². The highest BCUT2D eigenvalue weighted by molar-refractivity contribution is 5.41. The number of anilines is 1. The highest BCUT2D eigenvalue weighted by Crippen LogP contribution is 2.24. The van der Waals surface area contributed by atoms with Crippen LogP contribution in [0.4, 0.5) is 10.2 Å². The first kappa shape index (κ1) is 14.2. The van der Waals surface area contributed by atoms with Crippen LogP contribution in [-0.4, -0.2) is 30.7 Å². The Balaban J connectivity index is 2.49. The third-order valence-corrected chi connectivity index (χ3v) is 3.05. The molecule has 0 amide bonds. The number of H-pyrrole nitrogens is 1. The number of ether oxygens (including phenoxy) is 1. The fraction of sp³-hybridized carbons (Fsp3) is 0.286.